The first-order valence-electron chi connectivity index (χ1n) is 9.76. The Balaban J connectivity index is 1.45. The van der Waals surface area contributed by atoms with E-state index in [1.54, 1.807) is 30.2 Å². The number of nitrogens with one attached hydrogen (secondary N) is 2. The Morgan fingerprint density at radius 3 is 3.00 bits per heavy atom. The number of imidazole rings is 1. The summed E-state index contributed by atoms with van der Waals surface area (Å²) in [5, 5.41) is 7.91. The van der Waals surface area contributed by atoms with Gasteiger partial charge < -0.3 is 9.72 Å². The molecule has 156 valence electrons. The lowest BCUT2D eigenvalue weighted by molar-refractivity contribution is 0.0342. The van der Waals surface area contributed by atoms with E-state index in [1.165, 1.54) is 5.56 Å². The highest BCUT2D eigenvalue weighted by Crippen LogP contribution is 2.36. The first-order valence-corrected chi connectivity index (χ1v) is 11.4. The van der Waals surface area contributed by atoms with E-state index in [9.17, 15) is 0 Å². The Morgan fingerprint density at radius 1 is 1.30 bits per heavy atom. The van der Waals surface area contributed by atoms with Crippen molar-refractivity contribution in [3.63, 3.8) is 0 Å². The van der Waals surface area contributed by atoms with Crippen molar-refractivity contribution < 1.29 is 4.74 Å². The number of hydrogen-bond acceptors (Lipinski definition) is 7. The minimum absolute atomic E-state index is 0.150. The van der Waals surface area contributed by atoms with Crippen LogP contribution in [0, 0.1) is 0 Å². The van der Waals surface area contributed by atoms with Crippen LogP contribution < -0.4 is 4.90 Å². The zero-order valence-corrected chi connectivity index (χ0v) is 18.1. The molecule has 0 spiro atoms. The molecule has 0 saturated carbocycles. The van der Waals surface area contributed by atoms with Gasteiger partial charge in [-0.25, -0.2) is 4.98 Å². The van der Waals surface area contributed by atoms with Crippen LogP contribution in [0.1, 0.15) is 5.56 Å². The second-order valence-electron chi connectivity index (χ2n) is 7.18. The Kier molecular flexibility index (Phi) is 5.51. The summed E-state index contributed by atoms with van der Waals surface area (Å²) in [6.45, 7) is 4.44. The average molecular weight is 444 g/mol. The van der Waals surface area contributed by atoms with Gasteiger partial charge in [0.15, 0.2) is 11.3 Å². The van der Waals surface area contributed by atoms with Gasteiger partial charge in [-0.3, -0.25) is 19.9 Å². The molecule has 0 bridgehead atoms. The normalized spacial score (nSPS) is 20.1. The molecule has 30 heavy (non-hydrogen) atoms. The highest BCUT2D eigenvalue weighted by Gasteiger charge is 2.27. The summed E-state index contributed by atoms with van der Waals surface area (Å²) in [6.07, 6.45) is 7.27. The molecule has 5 rings (SSSR count). The summed E-state index contributed by atoms with van der Waals surface area (Å²) in [5.74, 6) is 0.722. The van der Waals surface area contributed by atoms with E-state index in [4.69, 9.17) is 21.3 Å². The Hall–Kier alpha value is -2.33. The lowest BCUT2D eigenvalue weighted by Gasteiger charge is -2.30. The number of rotatable bonds is 5. The van der Waals surface area contributed by atoms with Crippen LogP contribution in [0.15, 0.2) is 40.6 Å². The molecule has 1 fully saturated rings. The second kappa shape index (κ2) is 8.43. The molecule has 0 aliphatic carbocycles. The fourth-order valence-corrected chi connectivity index (χ4v) is 4.69. The number of nitrogens with zero attached hydrogens (tertiary/aromatic N) is 5. The first-order chi connectivity index (χ1) is 14.7. The minimum Gasteiger partial charge on any atom is -0.379 e. The van der Waals surface area contributed by atoms with E-state index in [2.05, 4.69) is 43.3 Å². The molecule has 0 amide bonds. The number of morpholine rings is 1. The van der Waals surface area contributed by atoms with Crippen LogP contribution >= 0.6 is 23.4 Å². The summed E-state index contributed by atoms with van der Waals surface area (Å²) >= 11 is 8.10. The number of aromatic nitrogens is 4. The molecule has 2 aliphatic heterocycles. The smallest absolute Gasteiger partial charge is 0.173 e. The summed E-state index contributed by atoms with van der Waals surface area (Å²) in [7, 11) is 0. The van der Waals surface area contributed by atoms with Crippen LogP contribution in [0.2, 0.25) is 0 Å². The van der Waals surface area contributed by atoms with E-state index in [-0.39, 0.29) is 5.50 Å². The number of anilines is 1. The number of hydrogen-bond donors (Lipinski definition) is 2. The maximum Gasteiger partial charge on any atom is 0.173 e. The molecule has 10 heteroatoms. The molecule has 2 N–H and O–H groups in total. The molecule has 2 aromatic heterocycles. The van der Waals surface area contributed by atoms with Crippen LogP contribution in [0.5, 0.6) is 0 Å². The highest BCUT2D eigenvalue weighted by molar-refractivity contribution is 7.99. The van der Waals surface area contributed by atoms with Gasteiger partial charge in [-0.2, -0.15) is 5.10 Å². The molecule has 2 aliphatic rings. The Morgan fingerprint density at radius 2 is 2.17 bits per heavy atom. The maximum absolute atomic E-state index is 6.50. The lowest BCUT2D eigenvalue weighted by atomic mass is 10.2. The van der Waals surface area contributed by atoms with Crippen LogP contribution in [0.3, 0.4) is 0 Å². The topological polar surface area (TPSA) is 85.4 Å². The molecule has 3 aromatic rings. The van der Waals surface area contributed by atoms with E-state index in [1.807, 2.05) is 11.2 Å². The summed E-state index contributed by atoms with van der Waals surface area (Å²) < 4.78 is 5.44. The van der Waals surface area contributed by atoms with Gasteiger partial charge in [0.05, 0.1) is 36.1 Å². The van der Waals surface area contributed by atoms with Gasteiger partial charge in [0, 0.05) is 25.8 Å². The van der Waals surface area contributed by atoms with Crippen LogP contribution in [0.4, 0.5) is 5.69 Å². The number of ether oxygens (including phenoxy) is 1. The number of aromatic amines is 2. The van der Waals surface area contributed by atoms with E-state index in [0.29, 0.717) is 5.16 Å². The summed E-state index contributed by atoms with van der Waals surface area (Å²) in [4.78, 5) is 17.1. The van der Waals surface area contributed by atoms with Crippen molar-refractivity contribution in [3.05, 3.63) is 41.2 Å². The Labute approximate surface area is 183 Å². The molecule has 1 atom stereocenters. The third kappa shape index (κ3) is 3.74. The number of benzene rings is 1. The largest absolute Gasteiger partial charge is 0.379 e. The second-order valence-corrected chi connectivity index (χ2v) is 8.46. The summed E-state index contributed by atoms with van der Waals surface area (Å²) in [5.41, 5.74) is 4.63. The Bertz CT molecular complexity index is 1100. The zero-order valence-electron chi connectivity index (χ0n) is 16.5. The summed E-state index contributed by atoms with van der Waals surface area (Å²) in [6, 6.07) is 6.36. The van der Waals surface area contributed by atoms with E-state index in [0.717, 1.165) is 61.1 Å². The van der Waals surface area contributed by atoms with E-state index < -0.39 is 0 Å². The predicted octanol–water partition coefficient (Wildman–Crippen LogP) is 3.40. The number of H-pyrrole nitrogens is 2. The van der Waals surface area contributed by atoms with Crippen LogP contribution in [-0.4, -0.2) is 69.3 Å². The van der Waals surface area contributed by atoms with Crippen molar-refractivity contribution in [2.75, 3.05) is 37.5 Å². The van der Waals surface area contributed by atoms with E-state index >= 15 is 0 Å². The third-order valence-electron chi connectivity index (χ3n) is 5.26. The van der Waals surface area contributed by atoms with Gasteiger partial charge in [0.1, 0.15) is 10.9 Å². The molecule has 1 aromatic carbocycles. The number of thioether (sulfide) groups is 1. The van der Waals surface area contributed by atoms with Gasteiger partial charge in [-0.15, -0.1) is 11.8 Å². The highest BCUT2D eigenvalue weighted by atomic mass is 35.5. The maximum atomic E-state index is 6.50. The van der Waals surface area contributed by atoms with Crippen molar-refractivity contribution in [2.45, 2.75) is 12.0 Å². The predicted molar refractivity (Wildman–Crippen MR) is 122 cm³/mol. The molecule has 4 heterocycles. The average Bonchev–Trinajstić information content (AvgIpc) is 3.40. The van der Waals surface area contributed by atoms with Crippen molar-refractivity contribution in [3.8, 4) is 11.5 Å². The standard InChI is InChI=1S/C20H22ClN7OS/c1-30-20-22-5-4-17(21)28(20)16-11-23-26-18(16)19-24-14-3-2-13(10-15(14)25-19)12-27-6-8-29-9-7-27/h2-5,10-11,20H,6-9,12H2,1H3,(H,23,26)(H,24,25). The molecule has 1 saturated heterocycles. The third-order valence-corrected chi connectivity index (χ3v) is 6.32. The van der Waals surface area contributed by atoms with Crippen LogP contribution in [0.25, 0.3) is 22.6 Å². The SMILES string of the molecule is CSC1N=CC=C(Cl)N1c1cn[nH]c1-c1nc2ccc(CN3CCOCC3)cc2[nH]1. The fourth-order valence-electron chi connectivity index (χ4n) is 3.76. The number of fused-ring (bicyclic) bond motifs is 1. The minimum atomic E-state index is -0.150. The van der Waals surface area contributed by atoms with Gasteiger partial charge in [0.2, 0.25) is 0 Å². The molecule has 8 nitrogen and oxygen atoms in total. The zero-order chi connectivity index (χ0) is 20.5. The van der Waals surface area contributed by atoms with Gasteiger partial charge in [-0.1, -0.05) is 17.7 Å². The van der Waals surface area contributed by atoms with Crippen molar-refractivity contribution in [1.82, 2.24) is 25.1 Å². The first kappa shape index (κ1) is 19.6. The van der Waals surface area contributed by atoms with Crippen molar-refractivity contribution in [2.24, 2.45) is 4.99 Å². The molecule has 0 radical (unpaired) electrons. The fraction of sp³-hybridized carbons (Fsp3) is 0.350. The van der Waals surface area contributed by atoms with Gasteiger partial charge in [-0.05, 0) is 30.0 Å². The molecular formula is C20H22ClN7OS. The number of allylic oxidation sites excluding steroid dienone is 1. The molecular weight excluding hydrogens is 422 g/mol. The monoisotopic (exact) mass is 443 g/mol. The van der Waals surface area contributed by atoms with Crippen molar-refractivity contribution >= 4 is 46.3 Å². The van der Waals surface area contributed by atoms with Crippen LogP contribution in [-0.2, 0) is 11.3 Å². The van der Waals surface area contributed by atoms with Crippen molar-refractivity contribution in [1.29, 1.82) is 0 Å². The number of aliphatic imine (C=N–C) groups is 1. The van der Waals surface area contributed by atoms with Gasteiger partial charge >= 0.3 is 0 Å². The van der Waals surface area contributed by atoms with Gasteiger partial charge in [0.25, 0.3) is 0 Å². The number of halogens is 1. The lowest BCUT2D eigenvalue weighted by Crippen LogP contribution is -2.35. The molecule has 1 unspecified atom stereocenters. The quantitative estimate of drug-likeness (QED) is 0.588.